The van der Waals surface area contributed by atoms with Crippen LogP contribution in [-0.4, -0.2) is 17.7 Å². The predicted octanol–water partition coefficient (Wildman–Crippen LogP) is 5.36. The van der Waals surface area contributed by atoms with Crippen molar-refractivity contribution >= 4 is 17.6 Å². The Morgan fingerprint density at radius 1 is 0.939 bits per heavy atom. The van der Waals surface area contributed by atoms with Crippen LogP contribution in [0.4, 0.5) is 32.0 Å². The Bertz CT molecular complexity index is 1130. The van der Waals surface area contributed by atoms with Gasteiger partial charge in [-0.15, -0.1) is 0 Å². The minimum Gasteiger partial charge on any atom is -0.448 e. The number of hydrogen-bond donors (Lipinski definition) is 1. The molecule has 2 aromatic rings. The highest BCUT2D eigenvalue weighted by Gasteiger charge is 2.39. The molecule has 1 heterocycles. The minimum atomic E-state index is -5.00. The Hall–Kier alpha value is -3.70. The van der Waals surface area contributed by atoms with Crippen molar-refractivity contribution in [1.82, 2.24) is 0 Å². The average Bonchev–Trinajstić information content (AvgIpc) is 2.64. The Labute approximate surface area is 182 Å². The molecule has 0 aromatic heterocycles. The Balaban J connectivity index is 1.90. The van der Waals surface area contributed by atoms with Crippen LogP contribution in [0.2, 0.25) is 0 Å². The van der Waals surface area contributed by atoms with E-state index in [9.17, 15) is 35.9 Å². The highest BCUT2D eigenvalue weighted by atomic mass is 19.4. The highest BCUT2D eigenvalue weighted by Crippen LogP contribution is 2.37. The molecule has 0 unspecified atom stereocenters. The van der Waals surface area contributed by atoms with Crippen molar-refractivity contribution < 1.29 is 50.1 Å². The maximum Gasteiger partial charge on any atom is 0.416 e. The van der Waals surface area contributed by atoms with E-state index in [1.807, 2.05) is 0 Å². The van der Waals surface area contributed by atoms with Crippen molar-refractivity contribution in [3.8, 4) is 11.5 Å². The first kappa shape index (κ1) is 24.0. The number of esters is 2. The monoisotopic (exact) mass is 475 g/mol. The van der Waals surface area contributed by atoms with Crippen LogP contribution in [0.25, 0.3) is 0 Å². The van der Waals surface area contributed by atoms with E-state index >= 15 is 0 Å². The highest BCUT2D eigenvalue weighted by molar-refractivity contribution is 6.15. The molecule has 0 radical (unpaired) electrons. The van der Waals surface area contributed by atoms with Gasteiger partial charge < -0.3 is 19.5 Å². The molecule has 2 aromatic carbocycles. The van der Waals surface area contributed by atoms with Crippen LogP contribution in [0.5, 0.6) is 11.5 Å². The largest absolute Gasteiger partial charge is 0.448 e. The van der Waals surface area contributed by atoms with Gasteiger partial charge in [0, 0.05) is 31.8 Å². The smallest absolute Gasteiger partial charge is 0.416 e. The average molecular weight is 475 g/mol. The lowest BCUT2D eigenvalue weighted by Gasteiger charge is -2.29. The normalized spacial score (nSPS) is 15.6. The summed E-state index contributed by atoms with van der Waals surface area (Å²) in [5.41, 5.74) is -1.84. The number of aryl methyl sites for hydroxylation is 1. The number of hydrogen-bond acceptors (Lipinski definition) is 6. The SMILES string of the molecule is Cc1cc(F)c(Oc2c(F)cc(C(F)(F)F)cc2F)cc1NC=C1C(=O)OC(C)(C)OC1=O. The molecule has 0 aliphatic carbocycles. The topological polar surface area (TPSA) is 73.9 Å². The second-order valence-corrected chi connectivity index (χ2v) is 7.35. The maximum atomic E-state index is 14.3. The van der Waals surface area contributed by atoms with Gasteiger partial charge in [-0.3, -0.25) is 0 Å². The van der Waals surface area contributed by atoms with Gasteiger partial charge >= 0.3 is 18.1 Å². The van der Waals surface area contributed by atoms with E-state index in [2.05, 4.69) is 5.32 Å². The Morgan fingerprint density at radius 2 is 1.48 bits per heavy atom. The molecule has 1 aliphatic heterocycles. The molecule has 12 heteroatoms. The molecule has 0 atom stereocenters. The fourth-order valence-electron chi connectivity index (χ4n) is 2.75. The number of ether oxygens (including phenoxy) is 3. The van der Waals surface area contributed by atoms with Crippen molar-refractivity contribution in [3.05, 3.63) is 64.6 Å². The number of carbonyl (C=O) groups excluding carboxylic acids is 2. The molecule has 1 N–H and O–H groups in total. The molecular formula is C21H15F6NO5. The van der Waals surface area contributed by atoms with E-state index < -0.39 is 64.0 Å². The number of cyclic esters (lactones) is 2. The maximum absolute atomic E-state index is 14.3. The van der Waals surface area contributed by atoms with Gasteiger partial charge in [0.15, 0.2) is 34.5 Å². The van der Waals surface area contributed by atoms with Gasteiger partial charge in [0.05, 0.1) is 5.56 Å². The lowest BCUT2D eigenvalue weighted by Crippen LogP contribution is -2.42. The van der Waals surface area contributed by atoms with E-state index in [-0.39, 0.29) is 23.4 Å². The van der Waals surface area contributed by atoms with E-state index in [0.29, 0.717) is 0 Å². The second-order valence-electron chi connectivity index (χ2n) is 7.35. The molecule has 1 fully saturated rings. The molecule has 1 aliphatic rings. The first-order valence-electron chi connectivity index (χ1n) is 9.15. The fraction of sp³-hybridized carbons (Fsp3) is 0.238. The number of benzene rings is 2. The van der Waals surface area contributed by atoms with Gasteiger partial charge in [-0.25, -0.2) is 22.8 Å². The number of alkyl halides is 3. The number of carbonyl (C=O) groups is 2. The Morgan fingerprint density at radius 3 is 2.00 bits per heavy atom. The van der Waals surface area contributed by atoms with E-state index in [1.54, 1.807) is 0 Å². The third-order valence-corrected chi connectivity index (χ3v) is 4.31. The van der Waals surface area contributed by atoms with Crippen molar-refractivity contribution in [2.45, 2.75) is 32.7 Å². The van der Waals surface area contributed by atoms with Gasteiger partial charge in [-0.2, -0.15) is 13.2 Å². The number of nitrogens with one attached hydrogen (secondary N) is 1. The van der Waals surface area contributed by atoms with Gasteiger partial charge in [0.1, 0.15) is 0 Å². The van der Waals surface area contributed by atoms with Crippen molar-refractivity contribution in [2.24, 2.45) is 0 Å². The lowest BCUT2D eigenvalue weighted by atomic mass is 10.1. The fourth-order valence-corrected chi connectivity index (χ4v) is 2.75. The summed E-state index contributed by atoms with van der Waals surface area (Å²) < 4.78 is 95.2. The third-order valence-electron chi connectivity index (χ3n) is 4.31. The van der Waals surface area contributed by atoms with Crippen LogP contribution in [0.3, 0.4) is 0 Å². The zero-order valence-electron chi connectivity index (χ0n) is 17.2. The summed E-state index contributed by atoms with van der Waals surface area (Å²) in [5, 5.41) is 2.54. The molecule has 3 rings (SSSR count). The van der Waals surface area contributed by atoms with Crippen LogP contribution in [0, 0.1) is 24.4 Å². The molecule has 0 spiro atoms. The number of anilines is 1. The summed E-state index contributed by atoms with van der Waals surface area (Å²) in [6.07, 6.45) is -4.08. The number of rotatable bonds is 4. The molecule has 1 saturated heterocycles. The van der Waals surface area contributed by atoms with Crippen molar-refractivity contribution in [2.75, 3.05) is 5.32 Å². The zero-order valence-corrected chi connectivity index (χ0v) is 17.2. The van der Waals surface area contributed by atoms with Crippen molar-refractivity contribution in [1.29, 1.82) is 0 Å². The molecule has 0 bridgehead atoms. The van der Waals surface area contributed by atoms with E-state index in [1.165, 1.54) is 20.8 Å². The van der Waals surface area contributed by atoms with Crippen LogP contribution >= 0.6 is 0 Å². The molecular weight excluding hydrogens is 460 g/mol. The van der Waals surface area contributed by atoms with E-state index in [0.717, 1.165) is 18.3 Å². The third kappa shape index (κ3) is 5.21. The quantitative estimate of drug-likeness (QED) is 0.278. The summed E-state index contributed by atoms with van der Waals surface area (Å²) in [5.74, 6) is -9.92. The summed E-state index contributed by atoms with van der Waals surface area (Å²) in [6, 6.07) is 1.85. The Kier molecular flexibility index (Phi) is 6.05. The second kappa shape index (κ2) is 8.34. The lowest BCUT2D eigenvalue weighted by molar-refractivity contribution is -0.222. The van der Waals surface area contributed by atoms with Crippen LogP contribution < -0.4 is 10.1 Å². The summed E-state index contributed by atoms with van der Waals surface area (Å²) in [7, 11) is 0. The van der Waals surface area contributed by atoms with Gasteiger partial charge in [-0.1, -0.05) is 0 Å². The zero-order chi connectivity index (χ0) is 24.7. The van der Waals surface area contributed by atoms with Crippen LogP contribution in [0.15, 0.2) is 36.0 Å². The molecule has 176 valence electrons. The van der Waals surface area contributed by atoms with Gasteiger partial charge in [-0.05, 0) is 30.7 Å². The first-order valence-corrected chi connectivity index (χ1v) is 9.15. The van der Waals surface area contributed by atoms with Gasteiger partial charge in [0.2, 0.25) is 0 Å². The van der Waals surface area contributed by atoms with Gasteiger partial charge in [0.25, 0.3) is 5.79 Å². The number of halogens is 6. The standard InChI is InChI=1S/C21H15F6NO5/c1-9-4-12(22)16(31-17-13(23)5-10(6-14(17)24)21(25,26)27)7-15(9)28-8-11-18(29)32-20(2,3)33-19(11)30/h4-8,28H,1-3H3. The molecule has 6 nitrogen and oxygen atoms in total. The predicted molar refractivity (Wildman–Crippen MR) is 101 cm³/mol. The summed E-state index contributed by atoms with van der Waals surface area (Å²) in [6.45, 7) is 4.12. The summed E-state index contributed by atoms with van der Waals surface area (Å²) in [4.78, 5) is 24.0. The van der Waals surface area contributed by atoms with Crippen LogP contribution in [-0.2, 0) is 25.2 Å². The first-order chi connectivity index (χ1) is 15.2. The van der Waals surface area contributed by atoms with Crippen molar-refractivity contribution in [3.63, 3.8) is 0 Å². The van der Waals surface area contributed by atoms with E-state index in [4.69, 9.17) is 14.2 Å². The molecule has 0 amide bonds. The molecule has 0 saturated carbocycles. The summed E-state index contributed by atoms with van der Waals surface area (Å²) >= 11 is 0. The van der Waals surface area contributed by atoms with Crippen LogP contribution in [0.1, 0.15) is 25.0 Å². The minimum absolute atomic E-state index is 0.00980. The molecule has 33 heavy (non-hydrogen) atoms.